The molecule has 1 saturated heterocycles. The van der Waals surface area contributed by atoms with E-state index in [0.29, 0.717) is 25.8 Å². The largest absolute Gasteiger partial charge is 0.363 e. The van der Waals surface area contributed by atoms with Gasteiger partial charge in [0.1, 0.15) is 12.1 Å². The zero-order valence-electron chi connectivity index (χ0n) is 30.1. The molecule has 10 nitrogen and oxygen atoms in total. The minimum Gasteiger partial charge on any atom is -0.363 e. The van der Waals surface area contributed by atoms with Crippen molar-refractivity contribution in [3.8, 4) is 0 Å². The Morgan fingerprint density at radius 2 is 1.59 bits per heavy atom. The van der Waals surface area contributed by atoms with Crippen LogP contribution in [0.2, 0.25) is 0 Å². The quantitative estimate of drug-likeness (QED) is 0.242. The monoisotopic (exact) mass is 675 g/mol. The van der Waals surface area contributed by atoms with Crippen LogP contribution in [0.25, 0.3) is 0 Å². The standard InChI is InChI=1S/C39H57N5O5/c1-37(2,3)17-18-39(15-9-6-10-16-39)43-36(49)42-30(26-20-24-11-7-8-12-25(24)21-26)35(48)44-22-27-29(38(27,4)5)31(44)34(47)41-28(19-23-13-14-23)32(45)33(40)46/h7-8,11-12,23,26-31H,6,9-10,13-22H2,1-5H3,(H2,40,46)(H,41,47)(H2,42,43,49)/t27?,28?,29-,30-,31-/m0/s1. The van der Waals surface area contributed by atoms with Crippen molar-refractivity contribution in [3.63, 3.8) is 0 Å². The van der Waals surface area contributed by atoms with Gasteiger partial charge in [-0.05, 0) is 90.6 Å². The highest BCUT2D eigenvalue weighted by molar-refractivity contribution is 6.37. The van der Waals surface area contributed by atoms with Gasteiger partial charge in [0.05, 0.1) is 6.04 Å². The van der Waals surface area contributed by atoms with Gasteiger partial charge < -0.3 is 26.6 Å². The molecule has 268 valence electrons. The van der Waals surface area contributed by atoms with Gasteiger partial charge in [-0.2, -0.15) is 0 Å². The van der Waals surface area contributed by atoms with Gasteiger partial charge in [-0.15, -0.1) is 0 Å². The number of nitrogens with one attached hydrogen (secondary N) is 3. The van der Waals surface area contributed by atoms with Gasteiger partial charge >= 0.3 is 6.03 Å². The lowest BCUT2D eigenvalue weighted by Crippen LogP contribution is -2.62. The SMILES string of the molecule is CC(C)(C)CCC1(NC(=O)N[C@H](C(=O)N2CC3[C@@H]([C@H]2C(=O)NC(CC2CC2)C(=O)C(N)=O)C3(C)C)C2Cc3ccccc3C2)CCCCC1. The number of ketones is 1. The highest BCUT2D eigenvalue weighted by atomic mass is 16.2. The van der Waals surface area contributed by atoms with Crippen molar-refractivity contribution in [2.24, 2.45) is 40.2 Å². The number of carbonyl (C=O) groups is 5. The molecule has 0 radical (unpaired) electrons. The molecule has 0 spiro atoms. The summed E-state index contributed by atoms with van der Waals surface area (Å²) >= 11 is 0. The van der Waals surface area contributed by atoms with E-state index in [1.165, 1.54) is 11.1 Å². The molecule has 4 aliphatic carbocycles. The number of urea groups is 1. The predicted octanol–water partition coefficient (Wildman–Crippen LogP) is 4.42. The van der Waals surface area contributed by atoms with Crippen molar-refractivity contribution in [1.82, 2.24) is 20.9 Å². The average molecular weight is 676 g/mol. The molecule has 3 saturated carbocycles. The molecule has 10 heteroatoms. The number of rotatable bonds is 12. The van der Waals surface area contributed by atoms with Crippen molar-refractivity contribution >= 4 is 29.5 Å². The van der Waals surface area contributed by atoms with Crippen molar-refractivity contribution in [1.29, 1.82) is 0 Å². The molecule has 1 aromatic rings. The molecule has 49 heavy (non-hydrogen) atoms. The van der Waals surface area contributed by atoms with Crippen LogP contribution in [-0.4, -0.2) is 64.6 Å². The molecular weight excluding hydrogens is 618 g/mol. The summed E-state index contributed by atoms with van der Waals surface area (Å²) in [7, 11) is 0. The molecule has 1 heterocycles. The van der Waals surface area contributed by atoms with Crippen LogP contribution < -0.4 is 21.7 Å². The second-order valence-electron chi connectivity index (χ2n) is 17.8. The third kappa shape index (κ3) is 7.68. The Bertz CT molecular complexity index is 1450. The number of nitrogens with zero attached hydrogens (tertiary/aromatic N) is 1. The number of primary amides is 1. The second-order valence-corrected chi connectivity index (χ2v) is 17.8. The summed E-state index contributed by atoms with van der Waals surface area (Å²) in [6.45, 7) is 11.3. The number of hydrogen-bond acceptors (Lipinski definition) is 5. The van der Waals surface area contributed by atoms with E-state index in [9.17, 15) is 24.0 Å². The Hall–Kier alpha value is -3.43. The first kappa shape index (κ1) is 35.4. The van der Waals surface area contributed by atoms with Crippen molar-refractivity contribution in [2.45, 2.75) is 135 Å². The molecule has 5 amide bonds. The van der Waals surface area contributed by atoms with Crippen molar-refractivity contribution < 1.29 is 24.0 Å². The maximum Gasteiger partial charge on any atom is 0.315 e. The van der Waals surface area contributed by atoms with Crippen molar-refractivity contribution in [3.05, 3.63) is 35.4 Å². The maximum atomic E-state index is 14.8. The molecule has 2 unspecified atom stereocenters. The van der Waals surface area contributed by atoms with Crippen LogP contribution in [0.4, 0.5) is 4.79 Å². The van der Waals surface area contributed by atoms with Crippen LogP contribution in [0, 0.1) is 34.5 Å². The molecule has 4 fully saturated rings. The highest BCUT2D eigenvalue weighted by Gasteiger charge is 2.70. The number of piperidine rings is 1. The van der Waals surface area contributed by atoms with Crippen LogP contribution in [0.5, 0.6) is 0 Å². The van der Waals surface area contributed by atoms with E-state index in [4.69, 9.17) is 5.73 Å². The Kier molecular flexibility index (Phi) is 9.65. The van der Waals surface area contributed by atoms with Gasteiger partial charge in [-0.1, -0.05) is 91.0 Å². The summed E-state index contributed by atoms with van der Waals surface area (Å²) in [6.07, 6.45) is 10.6. The summed E-state index contributed by atoms with van der Waals surface area (Å²) in [5.41, 5.74) is 7.40. The Morgan fingerprint density at radius 1 is 0.959 bits per heavy atom. The topological polar surface area (TPSA) is 151 Å². The zero-order valence-corrected chi connectivity index (χ0v) is 30.1. The molecule has 1 aromatic carbocycles. The Morgan fingerprint density at radius 3 is 2.16 bits per heavy atom. The number of nitrogens with two attached hydrogens (primary N) is 1. The fourth-order valence-electron chi connectivity index (χ4n) is 9.25. The molecule has 6 rings (SSSR count). The number of amides is 5. The Balaban J connectivity index is 1.24. The highest BCUT2D eigenvalue weighted by Crippen LogP contribution is 2.65. The van der Waals surface area contributed by atoms with Crippen LogP contribution in [-0.2, 0) is 32.0 Å². The first-order valence-electron chi connectivity index (χ1n) is 18.7. The molecule has 5 aliphatic rings. The molecule has 5 N–H and O–H groups in total. The molecule has 5 atom stereocenters. The van der Waals surface area contributed by atoms with E-state index >= 15 is 0 Å². The lowest BCUT2D eigenvalue weighted by Gasteiger charge is -2.41. The first-order valence-corrected chi connectivity index (χ1v) is 18.7. The second kappa shape index (κ2) is 13.4. The van der Waals surface area contributed by atoms with E-state index in [2.05, 4.69) is 62.7 Å². The van der Waals surface area contributed by atoms with Crippen molar-refractivity contribution in [2.75, 3.05) is 6.54 Å². The van der Waals surface area contributed by atoms with E-state index in [1.807, 2.05) is 12.1 Å². The summed E-state index contributed by atoms with van der Waals surface area (Å²) in [4.78, 5) is 69.3. The summed E-state index contributed by atoms with van der Waals surface area (Å²) in [5, 5.41) is 9.41. The van der Waals surface area contributed by atoms with Gasteiger partial charge in [-0.3, -0.25) is 19.2 Å². The fourth-order valence-corrected chi connectivity index (χ4v) is 9.25. The molecular formula is C39H57N5O5. The molecule has 0 aromatic heterocycles. The number of benzene rings is 1. The number of hydrogen-bond donors (Lipinski definition) is 4. The van der Waals surface area contributed by atoms with E-state index in [1.54, 1.807) is 4.90 Å². The van der Waals surface area contributed by atoms with Gasteiger partial charge in [0.25, 0.3) is 5.91 Å². The van der Waals surface area contributed by atoms with Gasteiger partial charge in [0.15, 0.2) is 0 Å². The zero-order chi connectivity index (χ0) is 35.3. The number of carbonyl (C=O) groups excluding carboxylic acids is 5. The summed E-state index contributed by atoms with van der Waals surface area (Å²) in [6, 6.07) is 5.21. The normalized spacial score (nSPS) is 26.6. The van der Waals surface area contributed by atoms with E-state index in [0.717, 1.165) is 57.8 Å². The first-order chi connectivity index (χ1) is 23.1. The summed E-state index contributed by atoms with van der Waals surface area (Å²) < 4.78 is 0. The third-order valence-electron chi connectivity index (χ3n) is 12.6. The van der Waals surface area contributed by atoms with E-state index < -0.39 is 35.7 Å². The van der Waals surface area contributed by atoms with Gasteiger partial charge in [-0.25, -0.2) is 4.79 Å². The minimum absolute atomic E-state index is 0.0835. The summed E-state index contributed by atoms with van der Waals surface area (Å²) in [5.74, 6) is -2.41. The van der Waals surface area contributed by atoms with Gasteiger partial charge in [0, 0.05) is 12.1 Å². The number of likely N-dealkylation sites (tertiary alicyclic amines) is 1. The van der Waals surface area contributed by atoms with E-state index in [-0.39, 0.29) is 52.0 Å². The van der Waals surface area contributed by atoms with Crippen LogP contribution in [0.3, 0.4) is 0 Å². The van der Waals surface area contributed by atoms with Crippen LogP contribution >= 0.6 is 0 Å². The molecule has 0 bridgehead atoms. The average Bonchev–Trinajstić information content (AvgIpc) is 3.80. The number of Topliss-reactive ketones (excluding diaryl/α,β-unsaturated/α-hetero) is 1. The number of fused-ring (bicyclic) bond motifs is 2. The minimum atomic E-state index is -1.07. The van der Waals surface area contributed by atoms with Crippen LogP contribution in [0.1, 0.15) is 110 Å². The fraction of sp³-hybridized carbons (Fsp3) is 0.718. The lowest BCUT2D eigenvalue weighted by atomic mass is 9.75. The van der Waals surface area contributed by atoms with Gasteiger partial charge in [0.2, 0.25) is 17.6 Å². The van der Waals surface area contributed by atoms with Crippen LogP contribution in [0.15, 0.2) is 24.3 Å². The lowest BCUT2D eigenvalue weighted by molar-refractivity contribution is -0.144. The third-order valence-corrected chi connectivity index (χ3v) is 12.6. The maximum absolute atomic E-state index is 14.8. The Labute approximate surface area is 291 Å². The smallest absolute Gasteiger partial charge is 0.315 e. The predicted molar refractivity (Wildman–Crippen MR) is 187 cm³/mol. The molecule has 1 aliphatic heterocycles.